The zero-order valence-electron chi connectivity index (χ0n) is 13.1. The molecule has 0 aliphatic carbocycles. The van der Waals surface area contributed by atoms with E-state index in [2.05, 4.69) is 21.0 Å². The van der Waals surface area contributed by atoms with Crippen molar-refractivity contribution in [1.82, 2.24) is 20.4 Å². The Morgan fingerprint density at radius 2 is 2.00 bits per heavy atom. The number of rotatable bonds is 5. The van der Waals surface area contributed by atoms with Gasteiger partial charge in [0, 0.05) is 17.8 Å². The fraction of sp³-hybridized carbons (Fsp3) is 0.538. The first-order valence-corrected chi connectivity index (χ1v) is 6.78. The Labute approximate surface area is 128 Å². The number of imide groups is 1. The van der Waals surface area contributed by atoms with Gasteiger partial charge in [0.05, 0.1) is 0 Å². The molecule has 4 amide bonds. The number of hydrogen-bond donors (Lipinski definition) is 4. The van der Waals surface area contributed by atoms with Crippen LogP contribution in [0, 0.1) is 0 Å². The molecule has 1 aromatic heterocycles. The number of anilines is 1. The van der Waals surface area contributed by atoms with Crippen molar-refractivity contribution in [3.8, 4) is 0 Å². The van der Waals surface area contributed by atoms with Crippen LogP contribution in [0.1, 0.15) is 27.7 Å². The first-order valence-electron chi connectivity index (χ1n) is 6.78. The van der Waals surface area contributed by atoms with Crippen LogP contribution < -0.4 is 21.7 Å². The van der Waals surface area contributed by atoms with Crippen LogP contribution in [0.3, 0.4) is 0 Å². The number of nitrogens with zero attached hydrogens (tertiary/aromatic N) is 2. The molecule has 22 heavy (non-hydrogen) atoms. The lowest BCUT2D eigenvalue weighted by Crippen LogP contribution is -2.51. The molecule has 0 bridgehead atoms. The molecule has 122 valence electrons. The standard InChI is InChI=1S/C13H22N6O3/c1-8(11(21)16-12(22)17-13(2,3)4)15-10-5-6-19(18-10)7-9(14)20/h5-6,8H,7H2,1-4H3,(H2,14,20)(H,15,18)(H2,16,17,21,22). The highest BCUT2D eigenvalue weighted by atomic mass is 16.2. The Morgan fingerprint density at radius 3 is 2.55 bits per heavy atom. The third kappa shape index (κ3) is 6.25. The molecule has 0 fully saturated rings. The van der Waals surface area contributed by atoms with E-state index in [0.29, 0.717) is 5.82 Å². The highest BCUT2D eigenvalue weighted by Crippen LogP contribution is 2.04. The van der Waals surface area contributed by atoms with Crippen LogP contribution in [-0.4, -0.2) is 39.2 Å². The van der Waals surface area contributed by atoms with Crippen molar-refractivity contribution in [2.24, 2.45) is 5.73 Å². The number of nitrogens with one attached hydrogen (secondary N) is 3. The predicted molar refractivity (Wildman–Crippen MR) is 80.9 cm³/mol. The summed E-state index contributed by atoms with van der Waals surface area (Å²) >= 11 is 0. The lowest BCUT2D eigenvalue weighted by atomic mass is 10.1. The second kappa shape index (κ2) is 6.92. The molecule has 5 N–H and O–H groups in total. The van der Waals surface area contributed by atoms with Crippen molar-refractivity contribution in [2.45, 2.75) is 45.8 Å². The van der Waals surface area contributed by atoms with Crippen molar-refractivity contribution < 1.29 is 14.4 Å². The zero-order valence-corrected chi connectivity index (χ0v) is 13.1. The SMILES string of the molecule is CC(Nc1ccn(CC(N)=O)n1)C(=O)NC(=O)NC(C)(C)C. The minimum atomic E-state index is -0.678. The van der Waals surface area contributed by atoms with E-state index >= 15 is 0 Å². The summed E-state index contributed by atoms with van der Waals surface area (Å²) in [6, 6.07) is 0.357. The van der Waals surface area contributed by atoms with Crippen molar-refractivity contribution in [3.63, 3.8) is 0 Å². The first-order chi connectivity index (χ1) is 10.1. The lowest BCUT2D eigenvalue weighted by molar-refractivity contribution is -0.120. The van der Waals surface area contributed by atoms with E-state index in [4.69, 9.17) is 5.73 Å². The molecule has 1 rings (SSSR count). The number of amides is 4. The fourth-order valence-electron chi connectivity index (χ4n) is 1.57. The molecule has 9 nitrogen and oxygen atoms in total. The Balaban J connectivity index is 2.52. The van der Waals surface area contributed by atoms with Gasteiger partial charge in [-0.2, -0.15) is 5.10 Å². The summed E-state index contributed by atoms with van der Waals surface area (Å²) in [6.07, 6.45) is 1.56. The van der Waals surface area contributed by atoms with Gasteiger partial charge in [-0.3, -0.25) is 19.6 Å². The summed E-state index contributed by atoms with van der Waals surface area (Å²) < 4.78 is 1.35. The van der Waals surface area contributed by atoms with Crippen LogP contribution in [0.5, 0.6) is 0 Å². The molecule has 0 saturated carbocycles. The predicted octanol–water partition coefficient (Wildman–Crippen LogP) is -0.207. The van der Waals surface area contributed by atoms with Gasteiger partial charge in [0.25, 0.3) is 0 Å². The lowest BCUT2D eigenvalue weighted by Gasteiger charge is -2.21. The number of urea groups is 1. The smallest absolute Gasteiger partial charge is 0.321 e. The summed E-state index contributed by atoms with van der Waals surface area (Å²) in [6.45, 7) is 6.97. The maximum Gasteiger partial charge on any atom is 0.321 e. The molecule has 0 radical (unpaired) electrons. The highest BCUT2D eigenvalue weighted by molar-refractivity contribution is 5.98. The monoisotopic (exact) mass is 310 g/mol. The van der Waals surface area contributed by atoms with Gasteiger partial charge in [0.2, 0.25) is 11.8 Å². The van der Waals surface area contributed by atoms with Gasteiger partial charge in [-0.1, -0.05) is 0 Å². The van der Waals surface area contributed by atoms with Gasteiger partial charge in [-0.05, 0) is 27.7 Å². The van der Waals surface area contributed by atoms with Gasteiger partial charge in [-0.15, -0.1) is 0 Å². The van der Waals surface area contributed by atoms with Gasteiger partial charge in [0.15, 0.2) is 0 Å². The Morgan fingerprint density at radius 1 is 1.36 bits per heavy atom. The number of primary amides is 1. The van der Waals surface area contributed by atoms with E-state index in [1.807, 2.05) is 20.8 Å². The maximum absolute atomic E-state index is 11.9. The van der Waals surface area contributed by atoms with Crippen molar-refractivity contribution in [3.05, 3.63) is 12.3 Å². The molecule has 1 unspecified atom stereocenters. The largest absolute Gasteiger partial charge is 0.368 e. The first kappa shape index (κ1) is 17.5. The molecule has 1 atom stereocenters. The average Bonchev–Trinajstić information content (AvgIpc) is 2.72. The molecule has 0 saturated heterocycles. The maximum atomic E-state index is 11.9. The van der Waals surface area contributed by atoms with Gasteiger partial charge < -0.3 is 16.4 Å². The quantitative estimate of drug-likeness (QED) is 0.598. The van der Waals surface area contributed by atoms with Crippen molar-refractivity contribution >= 4 is 23.7 Å². The minimum absolute atomic E-state index is 0.0454. The molecule has 1 aromatic rings. The minimum Gasteiger partial charge on any atom is -0.368 e. The normalized spacial score (nSPS) is 12.4. The number of nitrogens with two attached hydrogens (primary N) is 1. The molecule has 0 aromatic carbocycles. The topological polar surface area (TPSA) is 131 Å². The highest BCUT2D eigenvalue weighted by Gasteiger charge is 2.19. The number of aromatic nitrogens is 2. The van der Waals surface area contributed by atoms with Crippen molar-refractivity contribution in [2.75, 3.05) is 5.32 Å². The summed E-state index contributed by atoms with van der Waals surface area (Å²) in [5, 5.41) is 11.7. The summed E-state index contributed by atoms with van der Waals surface area (Å²) in [5.74, 6) is -0.606. The van der Waals surface area contributed by atoms with Crippen LogP contribution in [0.2, 0.25) is 0 Å². The summed E-state index contributed by atoms with van der Waals surface area (Å²) in [5.41, 5.74) is 4.62. The van der Waals surface area contributed by atoms with Crippen LogP contribution in [-0.2, 0) is 16.1 Å². The molecule has 1 heterocycles. The van der Waals surface area contributed by atoms with E-state index in [1.54, 1.807) is 19.2 Å². The second-order valence-electron chi connectivity index (χ2n) is 5.92. The Kier molecular flexibility index (Phi) is 5.50. The van der Waals surface area contributed by atoms with Gasteiger partial charge in [-0.25, -0.2) is 4.79 Å². The Bertz CT molecular complexity index is 560. The van der Waals surface area contributed by atoms with E-state index < -0.39 is 29.4 Å². The average molecular weight is 310 g/mol. The van der Waals surface area contributed by atoms with Gasteiger partial charge in [0.1, 0.15) is 18.4 Å². The molecular formula is C13H22N6O3. The zero-order chi connectivity index (χ0) is 16.9. The third-order valence-corrected chi connectivity index (χ3v) is 2.44. The van der Waals surface area contributed by atoms with E-state index in [1.165, 1.54) is 4.68 Å². The number of carbonyl (C=O) groups is 3. The van der Waals surface area contributed by atoms with Crippen LogP contribution >= 0.6 is 0 Å². The van der Waals surface area contributed by atoms with E-state index in [9.17, 15) is 14.4 Å². The molecule has 9 heteroatoms. The van der Waals surface area contributed by atoms with E-state index in [-0.39, 0.29) is 6.54 Å². The van der Waals surface area contributed by atoms with Crippen LogP contribution in [0.25, 0.3) is 0 Å². The van der Waals surface area contributed by atoms with Crippen LogP contribution in [0.4, 0.5) is 10.6 Å². The summed E-state index contributed by atoms with van der Waals surface area (Å²) in [4.78, 5) is 34.3. The summed E-state index contributed by atoms with van der Waals surface area (Å²) in [7, 11) is 0. The Hall–Kier alpha value is -2.58. The van der Waals surface area contributed by atoms with Gasteiger partial charge >= 0.3 is 6.03 Å². The second-order valence-corrected chi connectivity index (χ2v) is 5.92. The third-order valence-electron chi connectivity index (χ3n) is 2.44. The number of hydrogen-bond acceptors (Lipinski definition) is 5. The molecule has 0 spiro atoms. The van der Waals surface area contributed by atoms with Crippen molar-refractivity contribution in [1.29, 1.82) is 0 Å². The number of carbonyl (C=O) groups excluding carboxylic acids is 3. The molecule has 0 aliphatic rings. The molecule has 0 aliphatic heterocycles. The molecular weight excluding hydrogens is 288 g/mol. The van der Waals surface area contributed by atoms with Crippen LogP contribution in [0.15, 0.2) is 12.3 Å². The van der Waals surface area contributed by atoms with E-state index in [0.717, 1.165) is 0 Å². The fourth-order valence-corrected chi connectivity index (χ4v) is 1.57.